The Bertz CT molecular complexity index is 611. The number of ether oxygens (including phenoxy) is 1. The Morgan fingerprint density at radius 3 is 2.81 bits per heavy atom. The number of carbonyl (C=O) groups excluding carboxylic acids is 1. The number of hydrogen-bond donors (Lipinski definition) is 1. The monoisotopic (exact) mass is 284 g/mol. The van der Waals surface area contributed by atoms with Crippen LogP contribution in [0.25, 0.3) is 0 Å². The Kier molecular flexibility index (Phi) is 4.93. The molecule has 0 saturated heterocycles. The zero-order valence-electron chi connectivity index (χ0n) is 12.6. The first-order valence-corrected chi connectivity index (χ1v) is 7.05. The third-order valence-corrected chi connectivity index (χ3v) is 3.21. The minimum atomic E-state index is -0.522. The SMILES string of the molecule is CCC(Oc1cc(C)ccc1C)C(=O)Nc1cccnc1. The molecule has 1 aromatic heterocycles. The van der Waals surface area contributed by atoms with E-state index in [1.54, 1.807) is 24.5 Å². The minimum Gasteiger partial charge on any atom is -0.480 e. The number of aryl methyl sites for hydroxylation is 2. The molecule has 2 aromatic rings. The van der Waals surface area contributed by atoms with Gasteiger partial charge in [-0.05, 0) is 49.6 Å². The Morgan fingerprint density at radius 2 is 2.14 bits per heavy atom. The first kappa shape index (κ1) is 15.0. The maximum absolute atomic E-state index is 12.3. The van der Waals surface area contributed by atoms with Crippen molar-refractivity contribution in [2.24, 2.45) is 0 Å². The molecule has 0 spiro atoms. The second-order valence-electron chi connectivity index (χ2n) is 5.01. The number of pyridine rings is 1. The molecule has 4 nitrogen and oxygen atoms in total. The van der Waals surface area contributed by atoms with E-state index in [0.29, 0.717) is 12.1 Å². The van der Waals surface area contributed by atoms with Gasteiger partial charge in [0.15, 0.2) is 6.10 Å². The zero-order chi connectivity index (χ0) is 15.2. The first-order valence-electron chi connectivity index (χ1n) is 7.05. The quantitative estimate of drug-likeness (QED) is 0.914. The van der Waals surface area contributed by atoms with Gasteiger partial charge in [0.05, 0.1) is 11.9 Å². The Morgan fingerprint density at radius 1 is 1.33 bits per heavy atom. The lowest BCUT2D eigenvalue weighted by atomic mass is 10.1. The van der Waals surface area contributed by atoms with Gasteiger partial charge in [0, 0.05) is 6.20 Å². The van der Waals surface area contributed by atoms with Crippen molar-refractivity contribution in [3.05, 3.63) is 53.9 Å². The molecule has 0 radical (unpaired) electrons. The van der Waals surface area contributed by atoms with E-state index in [4.69, 9.17) is 4.74 Å². The Balaban J connectivity index is 2.09. The van der Waals surface area contributed by atoms with Crippen molar-refractivity contribution in [1.29, 1.82) is 0 Å². The van der Waals surface area contributed by atoms with E-state index >= 15 is 0 Å². The molecule has 21 heavy (non-hydrogen) atoms. The minimum absolute atomic E-state index is 0.161. The summed E-state index contributed by atoms with van der Waals surface area (Å²) in [4.78, 5) is 16.3. The molecule has 1 N–H and O–H groups in total. The fraction of sp³-hybridized carbons (Fsp3) is 0.294. The largest absolute Gasteiger partial charge is 0.480 e. The van der Waals surface area contributed by atoms with E-state index in [-0.39, 0.29) is 5.91 Å². The van der Waals surface area contributed by atoms with Crippen LogP contribution in [0.3, 0.4) is 0 Å². The highest BCUT2D eigenvalue weighted by atomic mass is 16.5. The molecule has 1 heterocycles. The molecule has 1 atom stereocenters. The standard InChI is InChI=1S/C17H20N2O2/c1-4-15(17(20)19-14-6-5-9-18-11-14)21-16-10-12(2)7-8-13(16)3/h5-11,15H,4H2,1-3H3,(H,19,20). The topological polar surface area (TPSA) is 51.2 Å². The van der Waals surface area contributed by atoms with E-state index < -0.39 is 6.10 Å². The third-order valence-electron chi connectivity index (χ3n) is 3.21. The molecular formula is C17H20N2O2. The number of aromatic nitrogens is 1. The molecule has 4 heteroatoms. The van der Waals surface area contributed by atoms with Gasteiger partial charge in [-0.25, -0.2) is 0 Å². The van der Waals surface area contributed by atoms with E-state index in [1.165, 1.54) is 0 Å². The smallest absolute Gasteiger partial charge is 0.265 e. The summed E-state index contributed by atoms with van der Waals surface area (Å²) in [6.45, 7) is 5.90. The summed E-state index contributed by atoms with van der Waals surface area (Å²) < 4.78 is 5.88. The number of carbonyl (C=O) groups is 1. The van der Waals surface area contributed by atoms with Crippen LogP contribution in [0.2, 0.25) is 0 Å². The van der Waals surface area contributed by atoms with Crippen LogP contribution in [0.4, 0.5) is 5.69 Å². The predicted molar refractivity (Wildman–Crippen MR) is 83.5 cm³/mol. The van der Waals surface area contributed by atoms with Gasteiger partial charge in [-0.1, -0.05) is 19.1 Å². The lowest BCUT2D eigenvalue weighted by molar-refractivity contribution is -0.122. The molecule has 0 aliphatic heterocycles. The normalized spacial score (nSPS) is 11.8. The van der Waals surface area contributed by atoms with Crippen molar-refractivity contribution in [2.75, 3.05) is 5.32 Å². The van der Waals surface area contributed by atoms with Crippen LogP contribution in [0.15, 0.2) is 42.7 Å². The molecule has 0 aliphatic carbocycles. The van der Waals surface area contributed by atoms with Crippen molar-refractivity contribution in [3.63, 3.8) is 0 Å². The number of nitrogens with zero attached hydrogens (tertiary/aromatic N) is 1. The van der Waals surface area contributed by atoms with Crippen LogP contribution in [-0.2, 0) is 4.79 Å². The highest BCUT2D eigenvalue weighted by Gasteiger charge is 2.19. The van der Waals surface area contributed by atoms with Crippen LogP contribution in [0.5, 0.6) is 5.75 Å². The lowest BCUT2D eigenvalue weighted by Gasteiger charge is -2.19. The molecule has 0 fully saturated rings. The number of benzene rings is 1. The second kappa shape index (κ2) is 6.88. The van der Waals surface area contributed by atoms with Gasteiger partial charge in [0.25, 0.3) is 5.91 Å². The zero-order valence-corrected chi connectivity index (χ0v) is 12.6. The van der Waals surface area contributed by atoms with Crippen molar-refractivity contribution < 1.29 is 9.53 Å². The van der Waals surface area contributed by atoms with Gasteiger partial charge in [0.2, 0.25) is 0 Å². The molecule has 1 unspecified atom stereocenters. The molecule has 110 valence electrons. The van der Waals surface area contributed by atoms with Crippen LogP contribution in [-0.4, -0.2) is 17.0 Å². The maximum Gasteiger partial charge on any atom is 0.265 e. The number of anilines is 1. The third kappa shape index (κ3) is 4.05. The summed E-state index contributed by atoms with van der Waals surface area (Å²) in [5.74, 6) is 0.592. The maximum atomic E-state index is 12.3. The Hall–Kier alpha value is -2.36. The lowest BCUT2D eigenvalue weighted by Crippen LogP contribution is -2.32. The Labute approximate surface area is 125 Å². The summed E-state index contributed by atoms with van der Waals surface area (Å²) in [6.07, 6.45) is 3.35. The van der Waals surface area contributed by atoms with Gasteiger partial charge in [-0.3, -0.25) is 9.78 Å². The van der Waals surface area contributed by atoms with Crippen molar-refractivity contribution in [2.45, 2.75) is 33.3 Å². The van der Waals surface area contributed by atoms with E-state index in [0.717, 1.165) is 16.9 Å². The summed E-state index contributed by atoms with van der Waals surface area (Å²) in [6, 6.07) is 9.56. The van der Waals surface area contributed by atoms with Crippen LogP contribution in [0, 0.1) is 13.8 Å². The number of hydrogen-bond acceptors (Lipinski definition) is 3. The van der Waals surface area contributed by atoms with Crippen LogP contribution >= 0.6 is 0 Å². The van der Waals surface area contributed by atoms with Crippen LogP contribution < -0.4 is 10.1 Å². The van der Waals surface area contributed by atoms with Gasteiger partial charge in [0.1, 0.15) is 5.75 Å². The summed E-state index contributed by atoms with van der Waals surface area (Å²) in [7, 11) is 0. The van der Waals surface area contributed by atoms with Gasteiger partial charge in [-0.2, -0.15) is 0 Å². The van der Waals surface area contributed by atoms with E-state index in [9.17, 15) is 4.79 Å². The predicted octanol–water partition coefficient (Wildman–Crippen LogP) is 3.49. The molecule has 1 aromatic carbocycles. The summed E-state index contributed by atoms with van der Waals surface area (Å²) >= 11 is 0. The van der Waals surface area contributed by atoms with Crippen molar-refractivity contribution >= 4 is 11.6 Å². The molecular weight excluding hydrogens is 264 g/mol. The van der Waals surface area contributed by atoms with E-state index in [2.05, 4.69) is 10.3 Å². The average Bonchev–Trinajstić information content (AvgIpc) is 2.49. The van der Waals surface area contributed by atoms with Gasteiger partial charge in [-0.15, -0.1) is 0 Å². The second-order valence-corrected chi connectivity index (χ2v) is 5.01. The fourth-order valence-corrected chi connectivity index (χ4v) is 1.97. The fourth-order valence-electron chi connectivity index (χ4n) is 1.97. The highest BCUT2D eigenvalue weighted by molar-refractivity contribution is 5.94. The average molecular weight is 284 g/mol. The van der Waals surface area contributed by atoms with Crippen molar-refractivity contribution in [1.82, 2.24) is 4.98 Å². The van der Waals surface area contributed by atoms with Crippen LogP contribution in [0.1, 0.15) is 24.5 Å². The molecule has 0 aliphatic rings. The number of nitrogens with one attached hydrogen (secondary N) is 1. The van der Waals surface area contributed by atoms with E-state index in [1.807, 2.05) is 39.0 Å². The van der Waals surface area contributed by atoms with Gasteiger partial charge >= 0.3 is 0 Å². The summed E-state index contributed by atoms with van der Waals surface area (Å²) in [5.41, 5.74) is 2.80. The number of rotatable bonds is 5. The molecule has 1 amide bonds. The molecule has 0 bridgehead atoms. The number of amides is 1. The highest BCUT2D eigenvalue weighted by Crippen LogP contribution is 2.21. The van der Waals surface area contributed by atoms with Gasteiger partial charge < -0.3 is 10.1 Å². The molecule has 0 saturated carbocycles. The molecule has 2 rings (SSSR count). The first-order chi connectivity index (χ1) is 10.1. The summed E-state index contributed by atoms with van der Waals surface area (Å²) in [5, 5.41) is 2.82. The van der Waals surface area contributed by atoms with Crippen molar-refractivity contribution in [3.8, 4) is 5.75 Å².